The second-order valence-electron chi connectivity index (χ2n) is 8.02. The maximum Gasteiger partial charge on any atom is 0.328 e. The summed E-state index contributed by atoms with van der Waals surface area (Å²) in [5.41, 5.74) is 2.19. The van der Waals surface area contributed by atoms with Gasteiger partial charge in [0.25, 0.3) is 5.91 Å². The van der Waals surface area contributed by atoms with Crippen molar-refractivity contribution in [3.63, 3.8) is 0 Å². The van der Waals surface area contributed by atoms with Crippen molar-refractivity contribution in [2.75, 3.05) is 7.11 Å². The first-order valence-electron chi connectivity index (χ1n) is 9.39. The van der Waals surface area contributed by atoms with E-state index in [0.717, 1.165) is 16.9 Å². The summed E-state index contributed by atoms with van der Waals surface area (Å²) >= 11 is 0. The van der Waals surface area contributed by atoms with Gasteiger partial charge in [-0.1, -0.05) is 24.3 Å². The second-order valence-corrected chi connectivity index (χ2v) is 8.02. The number of hydrogen-bond acceptors (Lipinski definition) is 5. The molecule has 3 rings (SSSR count). The Morgan fingerprint density at radius 3 is 2.48 bits per heavy atom. The zero-order valence-corrected chi connectivity index (χ0v) is 17.1. The Morgan fingerprint density at radius 1 is 1.21 bits per heavy atom. The summed E-state index contributed by atoms with van der Waals surface area (Å²) in [5.74, 6) is -1.03. The van der Waals surface area contributed by atoms with E-state index in [1.807, 2.05) is 36.4 Å². The van der Waals surface area contributed by atoms with E-state index in [-0.39, 0.29) is 5.91 Å². The third-order valence-corrected chi connectivity index (χ3v) is 4.65. The van der Waals surface area contributed by atoms with Gasteiger partial charge in [0, 0.05) is 18.7 Å². The standard InChI is InChI=1S/C23H24N2O4/c1-23(2,3)29-22(27)20(12-24)16-7-8-17-14-25(21(26)19(17)11-16)13-15-5-9-18(28-4)10-6-15/h5-11,20H,13-14H2,1-4H3. The van der Waals surface area contributed by atoms with Crippen LogP contribution in [0.1, 0.15) is 53.7 Å². The third-order valence-electron chi connectivity index (χ3n) is 4.65. The molecule has 1 amide bonds. The molecule has 6 heteroatoms. The monoisotopic (exact) mass is 392 g/mol. The number of esters is 1. The summed E-state index contributed by atoms with van der Waals surface area (Å²) in [6, 6.07) is 14.7. The molecule has 1 atom stereocenters. The van der Waals surface area contributed by atoms with E-state index in [4.69, 9.17) is 9.47 Å². The minimum atomic E-state index is -1.07. The maximum atomic E-state index is 12.9. The van der Waals surface area contributed by atoms with Gasteiger partial charge in [-0.05, 0) is 55.7 Å². The van der Waals surface area contributed by atoms with Crippen molar-refractivity contribution in [1.29, 1.82) is 5.26 Å². The number of nitriles is 1. The molecule has 0 saturated heterocycles. The third kappa shape index (κ3) is 4.57. The van der Waals surface area contributed by atoms with Crippen molar-refractivity contribution in [3.8, 4) is 11.8 Å². The van der Waals surface area contributed by atoms with E-state index in [0.29, 0.717) is 24.2 Å². The first kappa shape index (κ1) is 20.4. The SMILES string of the molecule is COc1ccc(CN2Cc3ccc(C(C#N)C(=O)OC(C)(C)C)cc3C2=O)cc1. The lowest BCUT2D eigenvalue weighted by molar-refractivity contribution is -0.155. The smallest absolute Gasteiger partial charge is 0.328 e. The molecule has 0 saturated carbocycles. The van der Waals surface area contributed by atoms with Crippen LogP contribution < -0.4 is 4.74 Å². The normalized spacial score (nSPS) is 14.2. The van der Waals surface area contributed by atoms with Crippen LogP contribution in [-0.2, 0) is 22.6 Å². The molecule has 6 nitrogen and oxygen atoms in total. The molecule has 1 heterocycles. The minimum Gasteiger partial charge on any atom is -0.497 e. The Bertz CT molecular complexity index is 968. The van der Waals surface area contributed by atoms with Crippen LogP contribution >= 0.6 is 0 Å². The number of ether oxygens (including phenoxy) is 2. The van der Waals surface area contributed by atoms with Gasteiger partial charge in [-0.2, -0.15) is 5.26 Å². The Labute approximate surface area is 170 Å². The van der Waals surface area contributed by atoms with E-state index < -0.39 is 17.5 Å². The Balaban J connectivity index is 1.78. The lowest BCUT2D eigenvalue weighted by atomic mass is 9.96. The highest BCUT2D eigenvalue weighted by Gasteiger charge is 2.31. The molecule has 2 aromatic carbocycles. The first-order valence-corrected chi connectivity index (χ1v) is 9.39. The molecule has 1 aliphatic rings. The van der Waals surface area contributed by atoms with Gasteiger partial charge in [-0.25, -0.2) is 0 Å². The highest BCUT2D eigenvalue weighted by atomic mass is 16.6. The predicted octanol–water partition coefficient (Wildman–Crippen LogP) is 3.80. The van der Waals surface area contributed by atoms with Crippen LogP contribution in [0.4, 0.5) is 0 Å². The number of carbonyl (C=O) groups is 2. The average Bonchev–Trinajstić information content (AvgIpc) is 2.97. The van der Waals surface area contributed by atoms with Gasteiger partial charge < -0.3 is 14.4 Å². The average molecular weight is 392 g/mol. The van der Waals surface area contributed by atoms with Crippen molar-refractivity contribution < 1.29 is 19.1 Å². The summed E-state index contributed by atoms with van der Waals surface area (Å²) in [6.07, 6.45) is 0. The van der Waals surface area contributed by atoms with Gasteiger partial charge in [-0.3, -0.25) is 9.59 Å². The van der Waals surface area contributed by atoms with Gasteiger partial charge >= 0.3 is 5.97 Å². The molecule has 150 valence electrons. The fourth-order valence-electron chi connectivity index (χ4n) is 3.26. The molecule has 2 aromatic rings. The summed E-state index contributed by atoms with van der Waals surface area (Å²) in [7, 11) is 1.61. The maximum absolute atomic E-state index is 12.9. The van der Waals surface area contributed by atoms with Crippen molar-refractivity contribution >= 4 is 11.9 Å². The number of hydrogen-bond donors (Lipinski definition) is 0. The number of fused-ring (bicyclic) bond motifs is 1. The molecule has 29 heavy (non-hydrogen) atoms. The van der Waals surface area contributed by atoms with E-state index in [1.54, 1.807) is 44.9 Å². The Kier molecular flexibility index (Phi) is 5.60. The van der Waals surface area contributed by atoms with Crippen LogP contribution in [0.5, 0.6) is 5.75 Å². The Morgan fingerprint density at radius 2 is 1.90 bits per heavy atom. The van der Waals surface area contributed by atoms with E-state index in [1.165, 1.54) is 0 Å². The largest absolute Gasteiger partial charge is 0.497 e. The topological polar surface area (TPSA) is 79.6 Å². The molecular formula is C23H24N2O4. The molecular weight excluding hydrogens is 368 g/mol. The zero-order chi connectivity index (χ0) is 21.2. The molecule has 0 fully saturated rings. The minimum absolute atomic E-state index is 0.112. The van der Waals surface area contributed by atoms with Crippen molar-refractivity contribution in [1.82, 2.24) is 4.90 Å². The van der Waals surface area contributed by atoms with Crippen molar-refractivity contribution in [2.24, 2.45) is 0 Å². The fraction of sp³-hybridized carbons (Fsp3) is 0.348. The zero-order valence-electron chi connectivity index (χ0n) is 17.1. The van der Waals surface area contributed by atoms with E-state index >= 15 is 0 Å². The second kappa shape index (κ2) is 7.96. The molecule has 0 radical (unpaired) electrons. The van der Waals surface area contributed by atoms with Gasteiger partial charge in [0.1, 0.15) is 11.4 Å². The van der Waals surface area contributed by atoms with Crippen LogP contribution in [0.3, 0.4) is 0 Å². The molecule has 0 spiro atoms. The van der Waals surface area contributed by atoms with Gasteiger partial charge in [0.2, 0.25) is 0 Å². The summed E-state index contributed by atoms with van der Waals surface area (Å²) in [6.45, 7) is 6.22. The van der Waals surface area contributed by atoms with E-state index in [2.05, 4.69) is 0 Å². The van der Waals surface area contributed by atoms with E-state index in [9.17, 15) is 14.9 Å². The van der Waals surface area contributed by atoms with Crippen LogP contribution in [0.2, 0.25) is 0 Å². The quantitative estimate of drug-likeness (QED) is 0.723. The molecule has 0 aliphatic carbocycles. The lowest BCUT2D eigenvalue weighted by Crippen LogP contribution is -2.27. The fourth-order valence-corrected chi connectivity index (χ4v) is 3.26. The van der Waals surface area contributed by atoms with Crippen molar-refractivity contribution in [3.05, 3.63) is 64.7 Å². The summed E-state index contributed by atoms with van der Waals surface area (Å²) in [5, 5.41) is 9.49. The molecule has 0 bridgehead atoms. The Hall–Kier alpha value is -3.33. The number of benzene rings is 2. The number of nitrogens with zero attached hydrogens (tertiary/aromatic N) is 2. The molecule has 0 N–H and O–H groups in total. The first-order chi connectivity index (χ1) is 13.7. The summed E-state index contributed by atoms with van der Waals surface area (Å²) in [4.78, 5) is 27.0. The highest BCUT2D eigenvalue weighted by molar-refractivity contribution is 5.99. The molecule has 1 unspecified atom stereocenters. The predicted molar refractivity (Wildman–Crippen MR) is 107 cm³/mol. The lowest BCUT2D eigenvalue weighted by Gasteiger charge is -2.21. The van der Waals surface area contributed by atoms with Crippen LogP contribution in [0.15, 0.2) is 42.5 Å². The van der Waals surface area contributed by atoms with Crippen LogP contribution in [0, 0.1) is 11.3 Å². The number of methoxy groups -OCH3 is 1. The van der Waals surface area contributed by atoms with Crippen LogP contribution in [-0.4, -0.2) is 29.5 Å². The number of rotatable bonds is 5. The van der Waals surface area contributed by atoms with Crippen molar-refractivity contribution in [2.45, 2.75) is 45.4 Å². The van der Waals surface area contributed by atoms with Gasteiger partial charge in [0.15, 0.2) is 5.92 Å². The highest BCUT2D eigenvalue weighted by Crippen LogP contribution is 2.29. The molecule has 0 aromatic heterocycles. The number of carbonyl (C=O) groups excluding carboxylic acids is 2. The van der Waals surface area contributed by atoms with Gasteiger partial charge in [0.05, 0.1) is 13.2 Å². The number of amides is 1. The van der Waals surface area contributed by atoms with Gasteiger partial charge in [-0.15, -0.1) is 0 Å². The summed E-state index contributed by atoms with van der Waals surface area (Å²) < 4.78 is 10.5. The molecule has 1 aliphatic heterocycles. The van der Waals surface area contributed by atoms with Crippen LogP contribution in [0.25, 0.3) is 0 Å².